The molecule has 0 fully saturated rings. The van der Waals surface area contributed by atoms with Gasteiger partial charge in [-0.3, -0.25) is 0 Å². The smallest absolute Gasteiger partial charge is 0.410 e. The Hall–Kier alpha value is -4.13. The number of rotatable bonds is 14. The topological polar surface area (TPSA) is 164 Å². The number of nitrogens with one attached hydrogen (secondary N) is 3. The average molecular weight is 589 g/mol. The van der Waals surface area contributed by atoms with Crippen molar-refractivity contribution in [3.63, 3.8) is 0 Å². The molecule has 1 heterocycles. The van der Waals surface area contributed by atoms with Crippen LogP contribution >= 0.6 is 0 Å². The molecule has 13 heteroatoms. The first-order valence-electron chi connectivity index (χ1n) is 13.9. The van der Waals surface area contributed by atoms with Gasteiger partial charge in [0.15, 0.2) is 0 Å². The molecule has 4 N–H and O–H groups in total. The Labute approximate surface area is 247 Å². The van der Waals surface area contributed by atoms with Gasteiger partial charge < -0.3 is 40.2 Å². The minimum Gasteiger partial charge on any atom is -0.460 e. The Kier molecular flexibility index (Phi) is 13.3. The molecule has 0 aliphatic carbocycles. The molecule has 0 aliphatic heterocycles. The minimum atomic E-state index is -0.641. The molecule has 1 aromatic carbocycles. The van der Waals surface area contributed by atoms with Crippen LogP contribution in [0.25, 0.3) is 0 Å². The Balaban J connectivity index is 1.91. The van der Waals surface area contributed by atoms with Gasteiger partial charge in [0, 0.05) is 32.4 Å². The molecular weight excluding hydrogens is 544 g/mol. The number of para-hydroxylation sites is 1. The lowest BCUT2D eigenvalue weighted by Crippen LogP contribution is -2.40. The molecular formula is C29H44N6O7. The maximum Gasteiger partial charge on any atom is 0.410 e. The molecule has 0 radical (unpaired) electrons. The molecule has 2 amide bonds. The molecule has 0 saturated heterocycles. The summed E-state index contributed by atoms with van der Waals surface area (Å²) in [5.41, 5.74) is -0.419. The van der Waals surface area contributed by atoms with E-state index in [-0.39, 0.29) is 13.2 Å². The molecule has 0 atom stereocenters. The number of nitrogens with zero attached hydrogens (tertiary/aromatic N) is 3. The number of anilines is 3. The van der Waals surface area contributed by atoms with Crippen LogP contribution in [0.1, 0.15) is 64.7 Å². The van der Waals surface area contributed by atoms with Crippen molar-refractivity contribution >= 4 is 35.6 Å². The van der Waals surface area contributed by atoms with Gasteiger partial charge in [-0.1, -0.05) is 12.1 Å². The number of hydrogen-bond acceptors (Lipinski definition) is 11. The summed E-state index contributed by atoms with van der Waals surface area (Å²) in [6, 6.07) is 8.49. The summed E-state index contributed by atoms with van der Waals surface area (Å²) in [4.78, 5) is 47.3. The second-order valence-electron chi connectivity index (χ2n) is 11.3. The lowest BCUT2D eigenvalue weighted by molar-refractivity contribution is 0.0247. The summed E-state index contributed by atoms with van der Waals surface area (Å²) in [6.07, 6.45) is 1.75. The van der Waals surface area contributed by atoms with Crippen LogP contribution in [-0.2, 0) is 14.2 Å². The number of amides is 2. The number of esters is 1. The molecule has 42 heavy (non-hydrogen) atoms. The van der Waals surface area contributed by atoms with Crippen LogP contribution in [0.5, 0.6) is 0 Å². The highest BCUT2D eigenvalue weighted by molar-refractivity contribution is 5.96. The first-order valence-corrected chi connectivity index (χ1v) is 13.9. The van der Waals surface area contributed by atoms with E-state index in [0.29, 0.717) is 62.0 Å². The third-order valence-electron chi connectivity index (χ3n) is 5.20. The third-order valence-corrected chi connectivity index (χ3v) is 5.20. The molecule has 0 spiro atoms. The predicted molar refractivity (Wildman–Crippen MR) is 159 cm³/mol. The zero-order chi connectivity index (χ0) is 31.2. The molecule has 2 rings (SSSR count). The van der Waals surface area contributed by atoms with Gasteiger partial charge in [-0.25, -0.2) is 19.4 Å². The van der Waals surface area contributed by atoms with E-state index in [2.05, 4.69) is 25.9 Å². The number of aliphatic hydroxyl groups is 1. The predicted octanol–water partition coefficient (Wildman–Crippen LogP) is 4.32. The minimum absolute atomic E-state index is 0.0942. The molecule has 1 aromatic heterocycles. The summed E-state index contributed by atoms with van der Waals surface area (Å²) in [7, 11) is 0. The summed E-state index contributed by atoms with van der Waals surface area (Å²) in [5, 5.41) is 17.9. The van der Waals surface area contributed by atoms with Gasteiger partial charge >= 0.3 is 18.2 Å². The normalized spacial score (nSPS) is 11.3. The highest BCUT2D eigenvalue weighted by atomic mass is 16.6. The zero-order valence-electron chi connectivity index (χ0n) is 25.4. The lowest BCUT2D eigenvalue weighted by atomic mass is 10.2. The SMILES string of the molecule is CC(C)(C)OC(=O)NCCCN(CCCNc1nccc(Nc2ccccc2C(=O)OCCO)n1)C(=O)OC(C)(C)C. The molecule has 0 bridgehead atoms. The van der Waals surface area contributed by atoms with Crippen LogP contribution < -0.4 is 16.0 Å². The average Bonchev–Trinajstić information content (AvgIpc) is 2.89. The number of ether oxygens (including phenoxy) is 3. The molecule has 0 saturated carbocycles. The maximum atomic E-state index is 12.8. The summed E-state index contributed by atoms with van der Waals surface area (Å²) in [5.74, 6) is 0.267. The van der Waals surface area contributed by atoms with Crippen molar-refractivity contribution in [2.24, 2.45) is 0 Å². The summed E-state index contributed by atoms with van der Waals surface area (Å²) < 4.78 is 15.8. The molecule has 13 nitrogen and oxygen atoms in total. The van der Waals surface area contributed by atoms with Crippen molar-refractivity contribution in [1.29, 1.82) is 0 Å². The van der Waals surface area contributed by atoms with Crippen LogP contribution in [0.15, 0.2) is 36.5 Å². The van der Waals surface area contributed by atoms with Gasteiger partial charge in [0.05, 0.1) is 17.9 Å². The van der Waals surface area contributed by atoms with Crippen LogP contribution in [0, 0.1) is 0 Å². The van der Waals surface area contributed by atoms with E-state index in [9.17, 15) is 14.4 Å². The number of benzene rings is 1. The number of hydrogen-bond donors (Lipinski definition) is 4. The number of carbonyl (C=O) groups is 3. The van der Waals surface area contributed by atoms with Crippen LogP contribution in [0.2, 0.25) is 0 Å². The highest BCUT2D eigenvalue weighted by Gasteiger charge is 2.22. The maximum absolute atomic E-state index is 12.8. The van der Waals surface area contributed by atoms with E-state index in [4.69, 9.17) is 19.3 Å². The fourth-order valence-corrected chi connectivity index (χ4v) is 3.50. The van der Waals surface area contributed by atoms with Gasteiger partial charge in [-0.15, -0.1) is 0 Å². The number of carbonyl (C=O) groups excluding carboxylic acids is 3. The van der Waals surface area contributed by atoms with Crippen LogP contribution in [0.3, 0.4) is 0 Å². The Morgan fingerprint density at radius 2 is 1.60 bits per heavy atom. The Bertz CT molecular complexity index is 1160. The Morgan fingerprint density at radius 1 is 0.929 bits per heavy atom. The van der Waals surface area contributed by atoms with Crippen molar-refractivity contribution in [3.05, 3.63) is 42.1 Å². The van der Waals surface area contributed by atoms with Gasteiger partial charge in [0.25, 0.3) is 0 Å². The van der Waals surface area contributed by atoms with Gasteiger partial charge in [0.1, 0.15) is 23.6 Å². The number of alkyl carbamates (subject to hydrolysis) is 1. The Morgan fingerprint density at radius 3 is 2.26 bits per heavy atom. The summed E-state index contributed by atoms with van der Waals surface area (Å²) >= 11 is 0. The van der Waals surface area contributed by atoms with Gasteiger partial charge in [0.2, 0.25) is 5.95 Å². The van der Waals surface area contributed by atoms with Crippen molar-refractivity contribution in [3.8, 4) is 0 Å². The van der Waals surface area contributed by atoms with E-state index in [1.807, 2.05) is 20.8 Å². The van der Waals surface area contributed by atoms with Crippen LogP contribution in [-0.4, -0.2) is 88.7 Å². The van der Waals surface area contributed by atoms with Crippen molar-refractivity contribution in [2.45, 2.75) is 65.6 Å². The van der Waals surface area contributed by atoms with E-state index in [0.717, 1.165) is 0 Å². The quantitative estimate of drug-likeness (QED) is 0.141. The van der Waals surface area contributed by atoms with Crippen molar-refractivity contribution < 1.29 is 33.7 Å². The lowest BCUT2D eigenvalue weighted by Gasteiger charge is -2.27. The van der Waals surface area contributed by atoms with Crippen molar-refractivity contribution in [2.75, 3.05) is 50.0 Å². The zero-order valence-corrected chi connectivity index (χ0v) is 25.4. The first kappa shape index (κ1) is 34.1. The fourth-order valence-electron chi connectivity index (χ4n) is 3.50. The number of aliphatic hydroxyl groups excluding tert-OH is 1. The molecule has 0 aliphatic rings. The monoisotopic (exact) mass is 588 g/mol. The second-order valence-corrected chi connectivity index (χ2v) is 11.3. The standard InChI is InChI=1S/C29H44N6O7/c1-28(2,3)41-26(38)32-15-10-18-35(27(39)42-29(4,5)6)17-9-14-30-25-31-16-13-23(34-25)33-22-12-8-7-11-21(22)24(37)40-20-19-36/h7-8,11-13,16,36H,9-10,14-15,17-20H2,1-6H3,(H,32,38)(H2,30,31,33,34). The molecule has 2 aromatic rings. The van der Waals surface area contributed by atoms with E-state index in [1.54, 1.807) is 62.2 Å². The first-order chi connectivity index (χ1) is 19.8. The number of aromatic nitrogens is 2. The van der Waals surface area contributed by atoms with Crippen LogP contribution in [0.4, 0.5) is 27.0 Å². The second kappa shape index (κ2) is 16.3. The highest BCUT2D eigenvalue weighted by Crippen LogP contribution is 2.21. The summed E-state index contributed by atoms with van der Waals surface area (Å²) in [6.45, 7) is 12.1. The molecule has 232 valence electrons. The third kappa shape index (κ3) is 13.5. The van der Waals surface area contributed by atoms with E-state index in [1.165, 1.54) is 0 Å². The van der Waals surface area contributed by atoms with E-state index < -0.39 is 29.4 Å². The largest absolute Gasteiger partial charge is 0.460 e. The fraction of sp³-hybridized carbons (Fsp3) is 0.552. The molecule has 0 unspecified atom stereocenters. The van der Waals surface area contributed by atoms with Gasteiger partial charge in [-0.05, 0) is 72.6 Å². The van der Waals surface area contributed by atoms with Crippen molar-refractivity contribution in [1.82, 2.24) is 20.2 Å². The van der Waals surface area contributed by atoms with E-state index >= 15 is 0 Å². The van der Waals surface area contributed by atoms with Gasteiger partial charge in [-0.2, -0.15) is 4.98 Å².